The zero-order valence-electron chi connectivity index (χ0n) is 62.7. The molecule has 2 aliphatic heterocycles. The van der Waals surface area contributed by atoms with Crippen molar-refractivity contribution in [2.24, 2.45) is 0 Å². The van der Waals surface area contributed by atoms with Crippen molar-refractivity contribution in [1.82, 2.24) is 9.13 Å². The Morgan fingerprint density at radius 2 is 0.750 bits per heavy atom. The normalized spacial score (nSPS) is 13.5. The number of hydrogen-bond acceptors (Lipinski definition) is 3. The molecule has 6 heteroatoms. The van der Waals surface area contributed by atoms with Crippen LogP contribution in [0, 0.1) is 0 Å². The molecule has 0 atom stereocenters. The quantitative estimate of drug-likeness (QED) is 0.148. The fourth-order valence-corrected chi connectivity index (χ4v) is 18.1. The monoisotopic (exact) mass is 1360 g/mol. The van der Waals surface area contributed by atoms with Crippen LogP contribution in [0.4, 0.5) is 34.1 Å². The van der Waals surface area contributed by atoms with Gasteiger partial charge in [-0.15, -0.1) is 11.3 Å². The van der Waals surface area contributed by atoms with Gasteiger partial charge in [0.05, 0.1) is 33.4 Å². The first-order valence-electron chi connectivity index (χ1n) is 37.2. The van der Waals surface area contributed by atoms with Gasteiger partial charge in [0.15, 0.2) is 0 Å². The Bertz CT molecular complexity index is 6090. The summed E-state index contributed by atoms with van der Waals surface area (Å²) in [7, 11) is 0. The van der Waals surface area contributed by atoms with Crippen molar-refractivity contribution in [3.8, 4) is 44.8 Å². The summed E-state index contributed by atoms with van der Waals surface area (Å²) >= 11 is 1.90. The highest BCUT2D eigenvalue weighted by Gasteiger charge is 2.46. The third-order valence-corrected chi connectivity index (χ3v) is 23.7. The van der Waals surface area contributed by atoms with Gasteiger partial charge in [0.1, 0.15) is 0 Å². The van der Waals surface area contributed by atoms with Crippen molar-refractivity contribution < 1.29 is 0 Å². The standard InChI is InChI=1S/C98H89BN4S/c1-94(2,3)65-40-46-80-75(55-65)76-56-66(95(4,5)6)41-47-81(76)101(80)71-42-45-78-84(59-71)103(93-72(61-31-21-17-22-32-61)43-48-82-91(93)73-35-25-27-37-79(73)100(82)70-33-23-18-24-34-70)87-58-69(98(13,14)15)57-86-92(87)99(78)77-44-39-62(63-49-67(96(7,8)9)54-68(50-63)97(10,11)12)51-83(77)102(86)85-52-64(60-29-19-16-20-30-60)53-89-90(85)74-36-26-28-38-88(74)104-89/h16-59H,1-15H3. The number of fused-ring (bicyclic) bond motifs is 13. The molecule has 0 saturated carbocycles. The molecule has 0 N–H and O–H groups in total. The third kappa shape index (κ3) is 10.5. The number of aromatic nitrogens is 2. The van der Waals surface area contributed by atoms with E-state index in [1.807, 2.05) is 11.3 Å². The Kier molecular flexibility index (Phi) is 14.7. The number of para-hydroxylation sites is 2. The Labute approximate surface area is 617 Å². The zero-order valence-corrected chi connectivity index (χ0v) is 63.5. The minimum atomic E-state index is -0.311. The van der Waals surface area contributed by atoms with E-state index >= 15 is 0 Å². The van der Waals surface area contributed by atoms with Crippen LogP contribution in [0.5, 0.6) is 0 Å². The predicted octanol–water partition coefficient (Wildman–Crippen LogP) is 25.8. The summed E-state index contributed by atoms with van der Waals surface area (Å²) in [4.78, 5) is 5.50. The van der Waals surface area contributed by atoms with Crippen LogP contribution in [0.25, 0.3) is 109 Å². The van der Waals surface area contributed by atoms with Crippen LogP contribution >= 0.6 is 11.3 Å². The van der Waals surface area contributed by atoms with Crippen molar-refractivity contribution in [2.75, 3.05) is 9.80 Å². The average Bonchev–Trinajstić information content (AvgIpc) is 0.969. The second-order valence-corrected chi connectivity index (χ2v) is 35.7. The molecule has 0 unspecified atom stereocenters. The lowest BCUT2D eigenvalue weighted by molar-refractivity contribution is 0.569. The number of benzene rings is 13. The Morgan fingerprint density at radius 1 is 0.269 bits per heavy atom. The van der Waals surface area contributed by atoms with E-state index in [1.165, 1.54) is 142 Å². The number of anilines is 6. The van der Waals surface area contributed by atoms with E-state index in [2.05, 4.69) is 390 Å². The lowest BCUT2D eigenvalue weighted by Crippen LogP contribution is -2.61. The SMILES string of the molecule is CC(C)(C)c1cc(-c2ccc3c(c2)N(c2cc(-c4ccccc4)cc4sc5ccccc5c24)c2cc(C(C)(C)C)cc4c2B3c2ccc(-n3c5ccc(C(C)(C)C)cc5c5cc(C(C)(C)C)ccc53)cc2N4c2c(-c3ccccc3)ccc3c2c2ccccc2n3-c2ccccc2)cc(C(C)(C)C)c1. The molecule has 0 spiro atoms. The maximum Gasteiger partial charge on any atom is 0.252 e. The van der Waals surface area contributed by atoms with E-state index in [0.29, 0.717) is 0 Å². The molecule has 18 rings (SSSR count). The first-order valence-corrected chi connectivity index (χ1v) is 38.1. The maximum atomic E-state index is 2.76. The minimum Gasteiger partial charge on any atom is -0.311 e. The molecule has 2 aliphatic rings. The first kappa shape index (κ1) is 65.4. The summed E-state index contributed by atoms with van der Waals surface area (Å²) < 4.78 is 7.61. The van der Waals surface area contributed by atoms with Crippen molar-refractivity contribution in [3.63, 3.8) is 0 Å². The fraction of sp³-hybridized carbons (Fsp3) is 0.204. The van der Waals surface area contributed by atoms with E-state index < -0.39 is 0 Å². The average molecular weight is 1370 g/mol. The predicted molar refractivity (Wildman–Crippen MR) is 452 cm³/mol. The minimum absolute atomic E-state index is 0.0531. The van der Waals surface area contributed by atoms with E-state index in [-0.39, 0.29) is 33.8 Å². The van der Waals surface area contributed by atoms with Crippen molar-refractivity contribution in [1.29, 1.82) is 0 Å². The summed E-state index contributed by atoms with van der Waals surface area (Å²) in [6, 6.07) is 104. The molecule has 0 bridgehead atoms. The van der Waals surface area contributed by atoms with E-state index in [1.54, 1.807) is 0 Å². The largest absolute Gasteiger partial charge is 0.311 e. The number of rotatable bonds is 7. The van der Waals surface area contributed by atoms with Crippen LogP contribution in [-0.4, -0.2) is 15.8 Å². The lowest BCUT2D eigenvalue weighted by atomic mass is 9.33. The Balaban J connectivity index is 1.02. The van der Waals surface area contributed by atoms with Crippen LogP contribution in [0.2, 0.25) is 0 Å². The second-order valence-electron chi connectivity index (χ2n) is 34.6. The summed E-state index contributed by atoms with van der Waals surface area (Å²) in [6.45, 7) is 35.2. The third-order valence-electron chi connectivity index (χ3n) is 22.6. The van der Waals surface area contributed by atoms with Crippen LogP contribution in [0.1, 0.15) is 132 Å². The van der Waals surface area contributed by atoms with Gasteiger partial charge in [0, 0.05) is 81.4 Å². The molecule has 5 heterocycles. The fourth-order valence-electron chi connectivity index (χ4n) is 16.9. The van der Waals surface area contributed by atoms with Gasteiger partial charge in [0.2, 0.25) is 0 Å². The van der Waals surface area contributed by atoms with Crippen molar-refractivity contribution in [3.05, 3.63) is 295 Å². The first-order chi connectivity index (χ1) is 49.7. The van der Waals surface area contributed by atoms with Gasteiger partial charge < -0.3 is 18.9 Å². The molecule has 3 aromatic heterocycles. The molecule has 0 saturated heterocycles. The zero-order chi connectivity index (χ0) is 71.8. The molecule has 104 heavy (non-hydrogen) atoms. The molecule has 510 valence electrons. The molecular formula is C98H89BN4S. The lowest BCUT2D eigenvalue weighted by Gasteiger charge is -2.46. The van der Waals surface area contributed by atoms with Gasteiger partial charge >= 0.3 is 0 Å². The molecule has 16 aromatic rings. The van der Waals surface area contributed by atoms with Gasteiger partial charge in [-0.25, -0.2) is 0 Å². The highest BCUT2D eigenvalue weighted by atomic mass is 32.1. The van der Waals surface area contributed by atoms with Gasteiger partial charge in [-0.05, 0) is 196 Å². The van der Waals surface area contributed by atoms with Gasteiger partial charge in [0.25, 0.3) is 6.71 Å². The van der Waals surface area contributed by atoms with Gasteiger partial charge in [-0.3, -0.25) is 0 Å². The van der Waals surface area contributed by atoms with Crippen LogP contribution in [-0.2, 0) is 27.1 Å². The van der Waals surface area contributed by atoms with Gasteiger partial charge in [-0.2, -0.15) is 0 Å². The molecule has 0 fully saturated rings. The molecule has 0 amide bonds. The smallest absolute Gasteiger partial charge is 0.252 e. The number of nitrogens with zero attached hydrogens (tertiary/aromatic N) is 4. The highest BCUT2D eigenvalue weighted by molar-refractivity contribution is 7.26. The van der Waals surface area contributed by atoms with E-state index in [4.69, 9.17) is 0 Å². The van der Waals surface area contributed by atoms with Crippen LogP contribution < -0.4 is 26.2 Å². The second kappa shape index (κ2) is 23.4. The summed E-state index contributed by atoms with van der Waals surface area (Å²) in [5.41, 5.74) is 30.9. The number of hydrogen-bond donors (Lipinski definition) is 0. The van der Waals surface area contributed by atoms with E-state index in [0.717, 1.165) is 44.9 Å². The summed E-state index contributed by atoms with van der Waals surface area (Å²) in [5.74, 6) is 0. The van der Waals surface area contributed by atoms with Crippen molar-refractivity contribution >= 4 is 132 Å². The van der Waals surface area contributed by atoms with Crippen LogP contribution in [0.3, 0.4) is 0 Å². The van der Waals surface area contributed by atoms with Gasteiger partial charge in [-0.1, -0.05) is 274 Å². The number of thiophene rings is 1. The summed E-state index contributed by atoms with van der Waals surface area (Å²) in [6.07, 6.45) is 0. The highest BCUT2D eigenvalue weighted by Crippen LogP contribution is 2.55. The Hall–Kier alpha value is -10.7. The van der Waals surface area contributed by atoms with Crippen molar-refractivity contribution in [2.45, 2.75) is 131 Å². The summed E-state index contributed by atoms with van der Waals surface area (Å²) in [5, 5.41) is 7.46. The molecule has 0 radical (unpaired) electrons. The van der Waals surface area contributed by atoms with E-state index in [9.17, 15) is 0 Å². The Morgan fingerprint density at radius 3 is 1.37 bits per heavy atom. The molecular weight excluding hydrogens is 1280 g/mol. The molecule has 0 aliphatic carbocycles. The topological polar surface area (TPSA) is 16.3 Å². The maximum absolute atomic E-state index is 2.76. The molecule has 13 aromatic carbocycles. The van der Waals surface area contributed by atoms with Crippen LogP contribution in [0.15, 0.2) is 267 Å². The molecule has 4 nitrogen and oxygen atoms in total.